The van der Waals surface area contributed by atoms with Crippen LogP contribution in [0.5, 0.6) is 5.75 Å². The standard InChI is InChI=1S/C21H20F2N2O3S/c1-12-20(26)24-17-10-13(2-5-19(17)29-12)21(27)25-8-6-15(7-9-25)28-18-4-3-14(22)11-16(18)23/h2-5,10-12,15H,6-9H2,1H3,(H,24,26). The van der Waals surface area contributed by atoms with Crippen molar-refractivity contribution in [1.82, 2.24) is 4.90 Å². The quantitative estimate of drug-likeness (QED) is 0.816. The summed E-state index contributed by atoms with van der Waals surface area (Å²) in [5, 5.41) is 2.68. The number of nitrogens with one attached hydrogen (secondary N) is 1. The Morgan fingerprint density at radius 1 is 1.17 bits per heavy atom. The summed E-state index contributed by atoms with van der Waals surface area (Å²) in [4.78, 5) is 27.4. The fourth-order valence-corrected chi connectivity index (χ4v) is 4.38. The first-order valence-electron chi connectivity index (χ1n) is 9.43. The van der Waals surface area contributed by atoms with Crippen molar-refractivity contribution in [3.05, 3.63) is 53.6 Å². The number of carbonyl (C=O) groups is 2. The Morgan fingerprint density at radius 3 is 2.66 bits per heavy atom. The molecule has 8 heteroatoms. The summed E-state index contributed by atoms with van der Waals surface area (Å²) in [6, 6.07) is 8.57. The molecule has 2 aliphatic rings. The number of thioether (sulfide) groups is 1. The maximum Gasteiger partial charge on any atom is 0.253 e. The molecule has 1 saturated heterocycles. The van der Waals surface area contributed by atoms with Gasteiger partial charge in [0.2, 0.25) is 5.91 Å². The third-order valence-corrected chi connectivity index (χ3v) is 6.25. The summed E-state index contributed by atoms with van der Waals surface area (Å²) in [6.07, 6.45) is 0.870. The fourth-order valence-electron chi connectivity index (χ4n) is 3.45. The lowest BCUT2D eigenvalue weighted by Gasteiger charge is -2.32. The molecule has 2 aromatic carbocycles. The zero-order valence-corrected chi connectivity index (χ0v) is 16.6. The van der Waals surface area contributed by atoms with Crippen molar-refractivity contribution in [3.8, 4) is 5.75 Å². The van der Waals surface area contributed by atoms with Crippen LogP contribution in [0.15, 0.2) is 41.3 Å². The Kier molecular flexibility index (Phi) is 5.45. The van der Waals surface area contributed by atoms with Crippen LogP contribution < -0.4 is 10.1 Å². The molecule has 0 aliphatic carbocycles. The van der Waals surface area contributed by atoms with Crippen molar-refractivity contribution in [2.75, 3.05) is 18.4 Å². The lowest BCUT2D eigenvalue weighted by molar-refractivity contribution is -0.115. The monoisotopic (exact) mass is 418 g/mol. The van der Waals surface area contributed by atoms with Gasteiger partial charge in [0.15, 0.2) is 11.6 Å². The van der Waals surface area contributed by atoms with Crippen LogP contribution in [-0.4, -0.2) is 41.2 Å². The Morgan fingerprint density at radius 2 is 1.93 bits per heavy atom. The van der Waals surface area contributed by atoms with Crippen LogP contribution in [0.4, 0.5) is 14.5 Å². The zero-order valence-electron chi connectivity index (χ0n) is 15.8. The van der Waals surface area contributed by atoms with Crippen LogP contribution in [0.3, 0.4) is 0 Å². The van der Waals surface area contributed by atoms with Crippen LogP contribution in [-0.2, 0) is 4.79 Å². The molecular weight excluding hydrogens is 398 g/mol. The smallest absolute Gasteiger partial charge is 0.253 e. The average molecular weight is 418 g/mol. The maximum atomic E-state index is 13.8. The van der Waals surface area contributed by atoms with E-state index in [-0.39, 0.29) is 28.9 Å². The molecule has 1 unspecified atom stereocenters. The largest absolute Gasteiger partial charge is 0.487 e. The van der Waals surface area contributed by atoms with Gasteiger partial charge in [-0.15, -0.1) is 11.8 Å². The highest BCUT2D eigenvalue weighted by Crippen LogP contribution is 2.36. The number of hydrogen-bond donors (Lipinski definition) is 1. The molecule has 29 heavy (non-hydrogen) atoms. The van der Waals surface area contributed by atoms with Crippen molar-refractivity contribution in [1.29, 1.82) is 0 Å². The van der Waals surface area contributed by atoms with Gasteiger partial charge < -0.3 is 15.0 Å². The van der Waals surface area contributed by atoms with Gasteiger partial charge in [0.05, 0.1) is 10.9 Å². The van der Waals surface area contributed by atoms with Gasteiger partial charge in [0, 0.05) is 42.5 Å². The highest BCUT2D eigenvalue weighted by molar-refractivity contribution is 8.00. The molecule has 152 valence electrons. The van der Waals surface area contributed by atoms with Gasteiger partial charge in [-0.05, 0) is 37.3 Å². The summed E-state index contributed by atoms with van der Waals surface area (Å²) in [6.45, 7) is 2.79. The number of amides is 2. The van der Waals surface area contributed by atoms with E-state index in [1.165, 1.54) is 17.8 Å². The molecule has 4 rings (SSSR count). The van der Waals surface area contributed by atoms with Crippen LogP contribution in [0.25, 0.3) is 0 Å². The summed E-state index contributed by atoms with van der Waals surface area (Å²) in [5.41, 5.74) is 1.18. The Bertz CT molecular complexity index is 961. The minimum atomic E-state index is -0.730. The van der Waals surface area contributed by atoms with Crippen molar-refractivity contribution < 1.29 is 23.1 Å². The van der Waals surface area contributed by atoms with E-state index in [2.05, 4.69) is 5.32 Å². The van der Waals surface area contributed by atoms with Gasteiger partial charge >= 0.3 is 0 Å². The number of piperidine rings is 1. The van der Waals surface area contributed by atoms with E-state index in [1.54, 1.807) is 17.0 Å². The summed E-state index contributed by atoms with van der Waals surface area (Å²) < 4.78 is 32.4. The number of halogens is 2. The number of benzene rings is 2. The fraction of sp³-hybridized carbons (Fsp3) is 0.333. The summed E-state index contributed by atoms with van der Waals surface area (Å²) in [7, 11) is 0. The van der Waals surface area contributed by atoms with E-state index in [1.807, 2.05) is 13.0 Å². The van der Waals surface area contributed by atoms with E-state index >= 15 is 0 Å². The number of likely N-dealkylation sites (tertiary alicyclic amines) is 1. The predicted molar refractivity (Wildman–Crippen MR) is 106 cm³/mol. The SMILES string of the molecule is CC1Sc2ccc(C(=O)N3CCC(Oc4ccc(F)cc4F)CC3)cc2NC1=O. The number of hydrogen-bond acceptors (Lipinski definition) is 4. The van der Waals surface area contributed by atoms with Gasteiger partial charge in [-0.2, -0.15) is 0 Å². The first-order chi connectivity index (χ1) is 13.9. The van der Waals surface area contributed by atoms with Crippen molar-refractivity contribution >= 4 is 29.3 Å². The molecule has 0 spiro atoms. The van der Waals surface area contributed by atoms with Crippen molar-refractivity contribution in [2.24, 2.45) is 0 Å². The van der Waals surface area contributed by atoms with Gasteiger partial charge in [0.25, 0.3) is 5.91 Å². The molecule has 1 N–H and O–H groups in total. The van der Waals surface area contributed by atoms with Crippen LogP contribution in [0.1, 0.15) is 30.1 Å². The molecule has 2 aliphatic heterocycles. The van der Waals surface area contributed by atoms with E-state index in [9.17, 15) is 18.4 Å². The van der Waals surface area contributed by atoms with Crippen molar-refractivity contribution in [2.45, 2.75) is 36.0 Å². The number of nitrogens with zero attached hydrogens (tertiary/aromatic N) is 1. The number of ether oxygens (including phenoxy) is 1. The van der Waals surface area contributed by atoms with E-state index < -0.39 is 11.6 Å². The van der Waals surface area contributed by atoms with Crippen molar-refractivity contribution in [3.63, 3.8) is 0 Å². The Hall–Kier alpha value is -2.61. The lowest BCUT2D eigenvalue weighted by Crippen LogP contribution is -2.42. The third kappa shape index (κ3) is 4.22. The summed E-state index contributed by atoms with van der Waals surface area (Å²) >= 11 is 1.47. The molecule has 0 radical (unpaired) electrons. The molecule has 2 aromatic rings. The van der Waals surface area contributed by atoms with E-state index in [0.29, 0.717) is 37.2 Å². The van der Waals surface area contributed by atoms with Crippen LogP contribution in [0.2, 0.25) is 0 Å². The zero-order chi connectivity index (χ0) is 20.5. The number of carbonyl (C=O) groups excluding carboxylic acids is 2. The Labute approximate surface area is 171 Å². The molecule has 1 atom stereocenters. The third-order valence-electron chi connectivity index (χ3n) is 5.07. The first kappa shape index (κ1) is 19.7. The molecule has 0 aromatic heterocycles. The van der Waals surface area contributed by atoms with E-state index in [4.69, 9.17) is 4.74 Å². The molecule has 5 nitrogen and oxygen atoms in total. The minimum absolute atomic E-state index is 0.0216. The topological polar surface area (TPSA) is 58.6 Å². The Balaban J connectivity index is 1.38. The normalized spacial score (nSPS) is 19.5. The van der Waals surface area contributed by atoms with Gasteiger partial charge in [-0.3, -0.25) is 9.59 Å². The average Bonchev–Trinajstić information content (AvgIpc) is 2.71. The molecule has 0 saturated carbocycles. The van der Waals surface area contributed by atoms with Gasteiger partial charge in [0.1, 0.15) is 11.9 Å². The van der Waals surface area contributed by atoms with E-state index in [0.717, 1.165) is 17.0 Å². The number of anilines is 1. The molecule has 2 heterocycles. The van der Waals surface area contributed by atoms with Crippen LogP contribution in [0, 0.1) is 11.6 Å². The highest BCUT2D eigenvalue weighted by atomic mass is 32.2. The molecule has 0 bridgehead atoms. The number of rotatable bonds is 3. The van der Waals surface area contributed by atoms with Crippen LogP contribution >= 0.6 is 11.8 Å². The maximum absolute atomic E-state index is 13.8. The molecule has 2 amide bonds. The lowest BCUT2D eigenvalue weighted by atomic mass is 10.1. The first-order valence-corrected chi connectivity index (χ1v) is 10.3. The second-order valence-electron chi connectivity index (χ2n) is 7.14. The molecular formula is C21H20F2N2O3S. The molecule has 1 fully saturated rings. The summed E-state index contributed by atoms with van der Waals surface area (Å²) in [5.74, 6) is -1.54. The second-order valence-corrected chi connectivity index (χ2v) is 8.53. The number of fused-ring (bicyclic) bond motifs is 1. The van der Waals surface area contributed by atoms with Gasteiger partial charge in [-0.1, -0.05) is 0 Å². The predicted octanol–water partition coefficient (Wildman–Crippen LogP) is 4.08. The minimum Gasteiger partial charge on any atom is -0.487 e. The highest BCUT2D eigenvalue weighted by Gasteiger charge is 2.28. The van der Waals surface area contributed by atoms with Gasteiger partial charge in [-0.25, -0.2) is 8.78 Å². The second kappa shape index (κ2) is 8.02.